The van der Waals surface area contributed by atoms with Gasteiger partial charge in [-0.3, -0.25) is 9.78 Å². The summed E-state index contributed by atoms with van der Waals surface area (Å²) in [5.41, 5.74) is -0.972. The highest BCUT2D eigenvalue weighted by Gasteiger charge is 2.34. The number of hydrogen-bond donors (Lipinski definition) is 1. The highest BCUT2D eigenvalue weighted by molar-refractivity contribution is 7.93. The Morgan fingerprint density at radius 3 is 2.48 bits per heavy atom. The van der Waals surface area contributed by atoms with Crippen molar-refractivity contribution >= 4 is 21.3 Å². The van der Waals surface area contributed by atoms with Crippen LogP contribution in [0.1, 0.15) is 21.6 Å². The van der Waals surface area contributed by atoms with Crippen molar-refractivity contribution in [1.82, 2.24) is 4.98 Å². The summed E-state index contributed by atoms with van der Waals surface area (Å²) in [6.07, 6.45) is -2.59. The van der Waals surface area contributed by atoms with Crippen molar-refractivity contribution < 1.29 is 31.3 Å². The van der Waals surface area contributed by atoms with Crippen molar-refractivity contribution in [1.29, 1.82) is 0 Å². The van der Waals surface area contributed by atoms with E-state index in [1.54, 1.807) is 12.1 Å². The lowest BCUT2D eigenvalue weighted by Crippen LogP contribution is -2.16. The molecule has 1 aromatic heterocycles. The third kappa shape index (κ3) is 5.67. The first-order valence-electron chi connectivity index (χ1n) is 9.43. The number of aromatic nitrogens is 1. The van der Waals surface area contributed by atoms with E-state index in [1.165, 1.54) is 38.4 Å². The van der Waals surface area contributed by atoms with Crippen LogP contribution in [0.5, 0.6) is 11.5 Å². The van der Waals surface area contributed by atoms with Gasteiger partial charge in [0.05, 0.1) is 9.73 Å². The standard InChI is InChI=1S/C22H19F4N3O3S/c1-13-9-14(23)7-8-18(13)32-19-11-20(22(24,25)26)28-12-17(19)21(30)29-15-5-4-6-16(10-15)33(3,31)27-2/h4-12H,1-3H3,(H,29,30). The molecule has 0 aliphatic carbocycles. The maximum Gasteiger partial charge on any atom is 0.433 e. The van der Waals surface area contributed by atoms with Gasteiger partial charge in [0.1, 0.15) is 28.6 Å². The predicted molar refractivity (Wildman–Crippen MR) is 116 cm³/mol. The third-order valence-electron chi connectivity index (χ3n) is 4.64. The summed E-state index contributed by atoms with van der Waals surface area (Å²) in [6, 6.07) is 10.2. The number of benzene rings is 2. The molecule has 0 radical (unpaired) electrons. The molecule has 0 saturated carbocycles. The number of amides is 1. The third-order valence-corrected chi connectivity index (χ3v) is 6.46. The van der Waals surface area contributed by atoms with E-state index in [1.807, 2.05) is 0 Å². The molecule has 1 atom stereocenters. The zero-order chi connectivity index (χ0) is 24.4. The first kappa shape index (κ1) is 24.2. The predicted octanol–water partition coefficient (Wildman–Crippen LogP) is 5.68. The van der Waals surface area contributed by atoms with Crippen LogP contribution in [0.4, 0.5) is 23.2 Å². The number of alkyl halides is 3. The van der Waals surface area contributed by atoms with Crippen molar-refractivity contribution in [2.75, 3.05) is 18.6 Å². The number of rotatable bonds is 5. The van der Waals surface area contributed by atoms with E-state index in [4.69, 9.17) is 4.74 Å². The molecular formula is C22H19F4N3O3S. The summed E-state index contributed by atoms with van der Waals surface area (Å²) < 4.78 is 74.9. The van der Waals surface area contributed by atoms with Gasteiger partial charge < -0.3 is 10.1 Å². The van der Waals surface area contributed by atoms with Gasteiger partial charge in [-0.25, -0.2) is 13.0 Å². The minimum atomic E-state index is -4.77. The monoisotopic (exact) mass is 481 g/mol. The first-order chi connectivity index (χ1) is 15.4. The Balaban J connectivity index is 2.00. The van der Waals surface area contributed by atoms with Crippen LogP contribution < -0.4 is 10.1 Å². The molecule has 0 spiro atoms. The lowest BCUT2D eigenvalue weighted by molar-refractivity contribution is -0.141. The van der Waals surface area contributed by atoms with Crippen molar-refractivity contribution in [2.45, 2.75) is 18.0 Å². The number of carbonyl (C=O) groups excluding carboxylic acids is 1. The number of nitrogens with one attached hydrogen (secondary N) is 1. The van der Waals surface area contributed by atoms with E-state index in [-0.39, 0.29) is 17.0 Å². The Morgan fingerprint density at radius 1 is 1.12 bits per heavy atom. The molecule has 33 heavy (non-hydrogen) atoms. The molecule has 11 heteroatoms. The highest BCUT2D eigenvalue weighted by Crippen LogP contribution is 2.34. The lowest BCUT2D eigenvalue weighted by atomic mass is 10.2. The zero-order valence-electron chi connectivity index (χ0n) is 17.7. The summed E-state index contributed by atoms with van der Waals surface area (Å²) in [7, 11) is -1.26. The molecule has 174 valence electrons. The van der Waals surface area contributed by atoms with Gasteiger partial charge in [0, 0.05) is 36.1 Å². The van der Waals surface area contributed by atoms with Gasteiger partial charge in [-0.2, -0.15) is 13.2 Å². The smallest absolute Gasteiger partial charge is 0.433 e. The molecule has 2 aromatic carbocycles. The Kier molecular flexibility index (Phi) is 6.73. The van der Waals surface area contributed by atoms with Crippen LogP contribution >= 0.6 is 0 Å². The van der Waals surface area contributed by atoms with Crippen LogP contribution in [-0.4, -0.2) is 28.4 Å². The Labute approximate surface area is 187 Å². The Morgan fingerprint density at radius 2 is 1.85 bits per heavy atom. The fourth-order valence-electron chi connectivity index (χ4n) is 2.81. The quantitative estimate of drug-likeness (QED) is 0.476. The van der Waals surface area contributed by atoms with Crippen LogP contribution in [-0.2, 0) is 15.9 Å². The maximum atomic E-state index is 13.4. The molecule has 0 saturated heterocycles. The fourth-order valence-corrected chi connectivity index (χ4v) is 3.69. The van der Waals surface area contributed by atoms with Crippen LogP contribution in [0.2, 0.25) is 0 Å². The molecule has 6 nitrogen and oxygen atoms in total. The van der Waals surface area contributed by atoms with E-state index >= 15 is 0 Å². The number of halogens is 4. The van der Waals surface area contributed by atoms with Crippen molar-refractivity contribution in [2.24, 2.45) is 4.36 Å². The molecule has 1 N–H and O–H groups in total. The molecule has 3 aromatic rings. The van der Waals surface area contributed by atoms with Gasteiger partial charge in [0.2, 0.25) is 0 Å². The van der Waals surface area contributed by atoms with E-state index in [0.717, 1.165) is 18.3 Å². The number of carbonyl (C=O) groups is 1. The molecule has 1 heterocycles. The average Bonchev–Trinajstić information content (AvgIpc) is 2.75. The summed E-state index contributed by atoms with van der Waals surface area (Å²) in [5, 5.41) is 2.54. The van der Waals surface area contributed by atoms with Gasteiger partial charge in [-0.1, -0.05) is 6.07 Å². The molecule has 0 bridgehead atoms. The van der Waals surface area contributed by atoms with Crippen molar-refractivity contribution in [3.05, 3.63) is 77.4 Å². The van der Waals surface area contributed by atoms with Crippen LogP contribution in [0.3, 0.4) is 0 Å². The molecule has 1 amide bonds. The Bertz CT molecular complexity index is 1330. The van der Waals surface area contributed by atoms with Gasteiger partial charge in [0.15, 0.2) is 0 Å². The molecule has 0 aliphatic rings. The topological polar surface area (TPSA) is 80.7 Å². The zero-order valence-corrected chi connectivity index (χ0v) is 18.6. The summed E-state index contributed by atoms with van der Waals surface area (Å²) >= 11 is 0. The first-order valence-corrected chi connectivity index (χ1v) is 11.4. The summed E-state index contributed by atoms with van der Waals surface area (Å²) in [6.45, 7) is 1.51. The molecule has 1 unspecified atom stereocenters. The van der Waals surface area contributed by atoms with E-state index < -0.39 is 39.1 Å². The van der Waals surface area contributed by atoms with E-state index in [0.29, 0.717) is 16.5 Å². The lowest BCUT2D eigenvalue weighted by Gasteiger charge is -2.15. The number of ether oxygens (including phenoxy) is 1. The van der Waals surface area contributed by atoms with E-state index in [9.17, 15) is 26.6 Å². The van der Waals surface area contributed by atoms with E-state index in [2.05, 4.69) is 14.7 Å². The fraction of sp³-hybridized carbons (Fsp3) is 0.182. The second-order valence-corrected chi connectivity index (χ2v) is 9.48. The largest absolute Gasteiger partial charge is 0.456 e. The average molecular weight is 481 g/mol. The number of pyridine rings is 1. The SMILES string of the molecule is CN=S(C)(=O)c1cccc(NC(=O)c2cnc(C(F)(F)F)cc2Oc2ccc(F)cc2C)c1. The second-order valence-electron chi connectivity index (χ2n) is 7.04. The highest BCUT2D eigenvalue weighted by atomic mass is 32.2. The number of nitrogens with zero attached hydrogens (tertiary/aromatic N) is 2. The molecule has 0 aliphatic heterocycles. The van der Waals surface area contributed by atoms with Gasteiger partial charge >= 0.3 is 6.18 Å². The minimum absolute atomic E-state index is 0.0713. The van der Waals surface area contributed by atoms with Crippen molar-refractivity contribution in [3.63, 3.8) is 0 Å². The van der Waals surface area contributed by atoms with Gasteiger partial charge in [-0.05, 0) is 48.9 Å². The van der Waals surface area contributed by atoms with Crippen molar-refractivity contribution in [3.8, 4) is 11.5 Å². The molecular weight excluding hydrogens is 462 g/mol. The number of hydrogen-bond acceptors (Lipinski definition) is 5. The van der Waals surface area contributed by atoms with Gasteiger partial charge in [0.25, 0.3) is 5.91 Å². The van der Waals surface area contributed by atoms with Crippen LogP contribution in [0, 0.1) is 12.7 Å². The second kappa shape index (κ2) is 9.18. The summed E-state index contributed by atoms with van der Waals surface area (Å²) in [5.74, 6) is -1.69. The maximum absolute atomic E-state index is 13.4. The molecule has 3 rings (SSSR count). The normalized spacial score (nSPS) is 13.2. The summed E-state index contributed by atoms with van der Waals surface area (Å²) in [4.78, 5) is 16.6. The number of aryl methyl sites for hydroxylation is 1. The minimum Gasteiger partial charge on any atom is -0.456 e. The number of anilines is 1. The molecule has 0 fully saturated rings. The van der Waals surface area contributed by atoms with Crippen LogP contribution in [0.15, 0.2) is 64.0 Å². The van der Waals surface area contributed by atoms with Crippen LogP contribution in [0.25, 0.3) is 0 Å². The Hall–Kier alpha value is -3.47. The van der Waals surface area contributed by atoms with Gasteiger partial charge in [-0.15, -0.1) is 0 Å².